The highest BCUT2D eigenvalue weighted by Crippen LogP contribution is 2.28. The number of nitrogens with one attached hydrogen (secondary N) is 1. The van der Waals surface area contributed by atoms with Gasteiger partial charge in [-0.2, -0.15) is 0 Å². The molecule has 0 saturated carbocycles. The second-order valence-corrected chi connectivity index (χ2v) is 6.31. The summed E-state index contributed by atoms with van der Waals surface area (Å²) in [6.07, 6.45) is 2.94. The highest BCUT2D eigenvalue weighted by atomic mass is 127. The molecule has 1 aromatic carbocycles. The summed E-state index contributed by atoms with van der Waals surface area (Å²) in [6, 6.07) is 12.3. The monoisotopic (exact) mass is 482 g/mol. The molecule has 2 aromatic rings. The van der Waals surface area contributed by atoms with Crippen LogP contribution in [0.3, 0.4) is 0 Å². The molecule has 146 valence electrons. The Hall–Kier alpha value is -2.03. The molecule has 0 aliphatic carbocycles. The second-order valence-electron chi connectivity index (χ2n) is 6.31. The molecular weight excluding hydrogens is 455 g/mol. The van der Waals surface area contributed by atoms with Gasteiger partial charge in [0.2, 0.25) is 5.88 Å². The van der Waals surface area contributed by atoms with Crippen LogP contribution in [0.25, 0.3) is 0 Å². The molecule has 1 aliphatic heterocycles. The van der Waals surface area contributed by atoms with Crippen molar-refractivity contribution >= 4 is 29.9 Å². The molecule has 1 fully saturated rings. The molecule has 1 unspecified atom stereocenters. The third kappa shape index (κ3) is 5.47. The van der Waals surface area contributed by atoms with E-state index in [2.05, 4.69) is 32.3 Å². The van der Waals surface area contributed by atoms with E-state index in [4.69, 9.17) is 9.47 Å². The van der Waals surface area contributed by atoms with Crippen molar-refractivity contribution in [2.24, 2.45) is 4.99 Å². The van der Waals surface area contributed by atoms with Crippen molar-refractivity contribution in [3.63, 3.8) is 0 Å². The summed E-state index contributed by atoms with van der Waals surface area (Å²) in [5, 5.41) is 3.43. The molecule has 1 saturated heterocycles. The number of benzene rings is 1. The summed E-state index contributed by atoms with van der Waals surface area (Å²) in [6.45, 7) is 2.65. The predicted octanol–water partition coefficient (Wildman–Crippen LogP) is 3.28. The number of pyridine rings is 1. The molecule has 2 heterocycles. The van der Waals surface area contributed by atoms with Crippen LogP contribution in [-0.4, -0.2) is 50.2 Å². The third-order valence-electron chi connectivity index (χ3n) is 4.74. The fourth-order valence-electron chi connectivity index (χ4n) is 3.25. The van der Waals surface area contributed by atoms with Gasteiger partial charge in [0.05, 0.1) is 14.2 Å². The minimum atomic E-state index is 0. The van der Waals surface area contributed by atoms with Gasteiger partial charge in [-0.15, -0.1) is 24.0 Å². The van der Waals surface area contributed by atoms with Crippen molar-refractivity contribution in [3.8, 4) is 11.6 Å². The fourth-order valence-corrected chi connectivity index (χ4v) is 3.25. The molecule has 0 spiro atoms. The summed E-state index contributed by atoms with van der Waals surface area (Å²) in [7, 11) is 5.14. The van der Waals surface area contributed by atoms with Gasteiger partial charge in [0.15, 0.2) is 5.96 Å². The van der Waals surface area contributed by atoms with E-state index in [1.807, 2.05) is 37.5 Å². The van der Waals surface area contributed by atoms with E-state index in [0.29, 0.717) is 18.3 Å². The quantitative estimate of drug-likeness (QED) is 0.403. The van der Waals surface area contributed by atoms with Crippen LogP contribution in [0.2, 0.25) is 0 Å². The maximum absolute atomic E-state index is 5.24. The van der Waals surface area contributed by atoms with Gasteiger partial charge in [-0.25, -0.2) is 4.98 Å². The Morgan fingerprint density at radius 1 is 1.19 bits per heavy atom. The van der Waals surface area contributed by atoms with Gasteiger partial charge < -0.3 is 19.7 Å². The first kappa shape index (κ1) is 21.3. The Morgan fingerprint density at radius 2 is 1.96 bits per heavy atom. The Labute approximate surface area is 178 Å². The first-order valence-corrected chi connectivity index (χ1v) is 8.82. The van der Waals surface area contributed by atoms with Crippen molar-refractivity contribution in [2.45, 2.75) is 18.9 Å². The molecule has 1 atom stereocenters. The minimum absolute atomic E-state index is 0. The molecule has 0 radical (unpaired) electrons. The zero-order chi connectivity index (χ0) is 18.4. The van der Waals surface area contributed by atoms with E-state index in [1.165, 1.54) is 5.56 Å². The molecular formula is C20H27IN4O2. The Balaban J connectivity index is 0.00000261. The van der Waals surface area contributed by atoms with Gasteiger partial charge in [-0.1, -0.05) is 18.2 Å². The molecule has 3 rings (SSSR count). The van der Waals surface area contributed by atoms with Crippen LogP contribution in [-0.2, 0) is 6.54 Å². The number of aromatic nitrogens is 1. The van der Waals surface area contributed by atoms with Crippen molar-refractivity contribution in [1.29, 1.82) is 0 Å². The average molecular weight is 482 g/mol. The van der Waals surface area contributed by atoms with Crippen LogP contribution < -0.4 is 14.8 Å². The van der Waals surface area contributed by atoms with Gasteiger partial charge in [-0.3, -0.25) is 4.99 Å². The number of rotatable bonds is 5. The molecule has 1 aliphatic rings. The number of hydrogen-bond acceptors (Lipinski definition) is 4. The number of likely N-dealkylation sites (tertiary alicyclic amines) is 1. The largest absolute Gasteiger partial charge is 0.497 e. The van der Waals surface area contributed by atoms with Crippen molar-refractivity contribution in [3.05, 3.63) is 53.7 Å². The first-order valence-electron chi connectivity index (χ1n) is 8.82. The lowest BCUT2D eigenvalue weighted by Gasteiger charge is -2.22. The molecule has 7 heteroatoms. The van der Waals surface area contributed by atoms with E-state index in [9.17, 15) is 0 Å². The van der Waals surface area contributed by atoms with Gasteiger partial charge >= 0.3 is 0 Å². The van der Waals surface area contributed by atoms with Crippen molar-refractivity contribution in [1.82, 2.24) is 15.2 Å². The fraction of sp³-hybridized carbons (Fsp3) is 0.400. The minimum Gasteiger partial charge on any atom is -0.497 e. The smallest absolute Gasteiger partial charge is 0.212 e. The lowest BCUT2D eigenvalue weighted by Crippen LogP contribution is -2.39. The third-order valence-corrected chi connectivity index (χ3v) is 4.74. The summed E-state index contributed by atoms with van der Waals surface area (Å²) in [5.74, 6) is 2.97. The van der Waals surface area contributed by atoms with Gasteiger partial charge in [0, 0.05) is 44.9 Å². The maximum Gasteiger partial charge on any atom is 0.212 e. The van der Waals surface area contributed by atoms with Gasteiger partial charge in [0.25, 0.3) is 0 Å². The lowest BCUT2D eigenvalue weighted by molar-refractivity contribution is 0.397. The predicted molar refractivity (Wildman–Crippen MR) is 118 cm³/mol. The van der Waals surface area contributed by atoms with Gasteiger partial charge in [-0.05, 0) is 29.7 Å². The van der Waals surface area contributed by atoms with Gasteiger partial charge in [0.1, 0.15) is 5.75 Å². The van der Waals surface area contributed by atoms with E-state index < -0.39 is 0 Å². The second kappa shape index (κ2) is 10.3. The number of methoxy groups -OCH3 is 2. The molecule has 0 bridgehead atoms. The van der Waals surface area contributed by atoms with Crippen LogP contribution in [0.1, 0.15) is 23.5 Å². The number of ether oxygens (including phenoxy) is 2. The van der Waals surface area contributed by atoms with E-state index in [1.54, 1.807) is 14.2 Å². The maximum atomic E-state index is 5.24. The standard InChI is InChI=1S/C20H26N4O2.HI/c1-21-20(23-13-15-4-9-19(26-3)22-12-15)24-11-10-17(14-24)16-5-7-18(25-2)8-6-16;/h4-9,12,17H,10-11,13-14H2,1-3H3,(H,21,23);1H. The zero-order valence-electron chi connectivity index (χ0n) is 16.0. The summed E-state index contributed by atoms with van der Waals surface area (Å²) < 4.78 is 10.3. The number of aliphatic imine (C=N–C) groups is 1. The van der Waals surface area contributed by atoms with Crippen LogP contribution in [0.4, 0.5) is 0 Å². The Morgan fingerprint density at radius 3 is 2.56 bits per heavy atom. The van der Waals surface area contributed by atoms with Crippen LogP contribution in [0, 0.1) is 0 Å². The van der Waals surface area contributed by atoms with Crippen LogP contribution in [0.15, 0.2) is 47.6 Å². The highest BCUT2D eigenvalue weighted by Gasteiger charge is 2.26. The molecule has 0 amide bonds. The Bertz CT molecular complexity index is 735. The zero-order valence-corrected chi connectivity index (χ0v) is 18.3. The van der Waals surface area contributed by atoms with Crippen LogP contribution >= 0.6 is 24.0 Å². The molecule has 1 N–H and O–H groups in total. The first-order chi connectivity index (χ1) is 12.7. The lowest BCUT2D eigenvalue weighted by atomic mass is 9.98. The summed E-state index contributed by atoms with van der Waals surface area (Å²) >= 11 is 0. The molecule has 1 aromatic heterocycles. The topological polar surface area (TPSA) is 59.0 Å². The molecule has 6 nitrogen and oxygen atoms in total. The van der Waals surface area contributed by atoms with E-state index >= 15 is 0 Å². The highest BCUT2D eigenvalue weighted by molar-refractivity contribution is 14.0. The number of nitrogens with zero attached hydrogens (tertiary/aromatic N) is 3. The molecule has 27 heavy (non-hydrogen) atoms. The summed E-state index contributed by atoms with van der Waals surface area (Å²) in [5.41, 5.74) is 2.45. The SMILES string of the molecule is CN=C(NCc1ccc(OC)nc1)N1CCC(c2ccc(OC)cc2)C1.I. The van der Waals surface area contributed by atoms with E-state index in [-0.39, 0.29) is 24.0 Å². The van der Waals surface area contributed by atoms with Crippen molar-refractivity contribution in [2.75, 3.05) is 34.4 Å². The number of hydrogen-bond donors (Lipinski definition) is 1. The number of halogens is 1. The van der Waals surface area contributed by atoms with Crippen LogP contribution in [0.5, 0.6) is 11.6 Å². The number of guanidine groups is 1. The summed E-state index contributed by atoms with van der Waals surface area (Å²) in [4.78, 5) is 11.0. The average Bonchev–Trinajstić information content (AvgIpc) is 3.19. The Kier molecular flexibility index (Phi) is 8.15. The van der Waals surface area contributed by atoms with E-state index in [0.717, 1.165) is 36.8 Å². The van der Waals surface area contributed by atoms with Crippen molar-refractivity contribution < 1.29 is 9.47 Å². The normalized spacial score (nSPS) is 16.6.